The summed E-state index contributed by atoms with van der Waals surface area (Å²) in [6, 6.07) is 11.9. The highest BCUT2D eigenvalue weighted by Crippen LogP contribution is 2.47. The average Bonchev–Trinajstić information content (AvgIpc) is 3.42. The Bertz CT molecular complexity index is 704. The third-order valence-electron chi connectivity index (χ3n) is 4.23. The number of amides is 1. The number of aromatic nitrogens is 1. The summed E-state index contributed by atoms with van der Waals surface area (Å²) in [5.74, 6) is 1.08. The molecule has 0 aliphatic heterocycles. The van der Waals surface area contributed by atoms with E-state index in [-0.39, 0.29) is 11.8 Å². The van der Waals surface area contributed by atoms with E-state index < -0.39 is 0 Å². The fourth-order valence-corrected chi connectivity index (χ4v) is 2.98. The van der Waals surface area contributed by atoms with Crippen molar-refractivity contribution in [2.24, 2.45) is 5.92 Å². The van der Waals surface area contributed by atoms with Crippen LogP contribution in [-0.4, -0.2) is 31.2 Å². The molecule has 2 atom stereocenters. The first kappa shape index (κ1) is 17.9. The normalized spacial score (nSPS) is 18.6. The van der Waals surface area contributed by atoms with Crippen LogP contribution >= 0.6 is 15.9 Å². The van der Waals surface area contributed by atoms with Gasteiger partial charge in [0.15, 0.2) is 0 Å². The number of halogens is 1. The van der Waals surface area contributed by atoms with Gasteiger partial charge in [-0.25, -0.2) is 4.98 Å². The molecule has 1 N–H and O–H groups in total. The number of rotatable bonds is 8. The van der Waals surface area contributed by atoms with Crippen molar-refractivity contribution in [3.8, 4) is 5.88 Å². The Morgan fingerprint density at radius 1 is 1.24 bits per heavy atom. The molecule has 5 nitrogen and oxygen atoms in total. The quantitative estimate of drug-likeness (QED) is 0.685. The van der Waals surface area contributed by atoms with E-state index >= 15 is 0 Å². The second-order valence-corrected chi connectivity index (χ2v) is 6.98. The fourth-order valence-electron chi connectivity index (χ4n) is 2.71. The molecule has 1 fully saturated rings. The molecule has 2 aromatic rings. The Kier molecular flexibility index (Phi) is 6.04. The standard InChI is InChI=1S/C19H21BrN2O3/c1-24-8-9-25-18-7-2-13(11-21-18)12-22-19(23)17-10-16(17)14-3-5-15(20)6-4-14/h2-7,11,16-17H,8-10,12H2,1H3,(H,22,23). The van der Waals surface area contributed by atoms with Gasteiger partial charge in [-0.15, -0.1) is 0 Å². The van der Waals surface area contributed by atoms with Crippen LogP contribution in [-0.2, 0) is 16.1 Å². The summed E-state index contributed by atoms with van der Waals surface area (Å²) in [5.41, 5.74) is 2.18. The highest BCUT2D eigenvalue weighted by atomic mass is 79.9. The number of benzene rings is 1. The van der Waals surface area contributed by atoms with E-state index in [1.54, 1.807) is 19.4 Å². The fraction of sp³-hybridized carbons (Fsp3) is 0.368. The van der Waals surface area contributed by atoms with Crippen LogP contribution in [0.2, 0.25) is 0 Å². The maximum absolute atomic E-state index is 12.3. The molecule has 1 amide bonds. The van der Waals surface area contributed by atoms with Gasteiger partial charge in [0.05, 0.1) is 6.61 Å². The molecule has 1 aromatic heterocycles. The molecule has 1 heterocycles. The first-order valence-electron chi connectivity index (χ1n) is 8.27. The maximum Gasteiger partial charge on any atom is 0.224 e. The number of hydrogen-bond donors (Lipinski definition) is 1. The number of methoxy groups -OCH3 is 1. The molecule has 2 unspecified atom stereocenters. The van der Waals surface area contributed by atoms with Crippen molar-refractivity contribution in [2.45, 2.75) is 18.9 Å². The van der Waals surface area contributed by atoms with Gasteiger partial charge in [-0.1, -0.05) is 34.1 Å². The molecule has 0 bridgehead atoms. The number of nitrogens with zero attached hydrogens (tertiary/aromatic N) is 1. The van der Waals surface area contributed by atoms with Crippen molar-refractivity contribution in [1.29, 1.82) is 0 Å². The van der Waals surface area contributed by atoms with Crippen molar-refractivity contribution >= 4 is 21.8 Å². The van der Waals surface area contributed by atoms with E-state index in [9.17, 15) is 4.79 Å². The van der Waals surface area contributed by atoms with Crippen molar-refractivity contribution in [3.63, 3.8) is 0 Å². The van der Waals surface area contributed by atoms with Crippen molar-refractivity contribution in [2.75, 3.05) is 20.3 Å². The molecule has 0 radical (unpaired) electrons. The van der Waals surface area contributed by atoms with Crippen LogP contribution < -0.4 is 10.1 Å². The minimum atomic E-state index is 0.0748. The molecule has 1 aliphatic rings. The third kappa shape index (κ3) is 5.03. The zero-order chi connectivity index (χ0) is 17.6. The molecule has 1 aliphatic carbocycles. The Morgan fingerprint density at radius 2 is 2.04 bits per heavy atom. The molecule has 1 saturated carbocycles. The van der Waals surface area contributed by atoms with E-state index in [1.165, 1.54) is 5.56 Å². The lowest BCUT2D eigenvalue weighted by atomic mass is 10.1. The summed E-state index contributed by atoms with van der Waals surface area (Å²) in [6.45, 7) is 1.48. The zero-order valence-electron chi connectivity index (χ0n) is 14.1. The van der Waals surface area contributed by atoms with Crippen molar-refractivity contribution in [3.05, 3.63) is 58.2 Å². The molecule has 6 heteroatoms. The molecular weight excluding hydrogens is 384 g/mol. The second-order valence-electron chi connectivity index (χ2n) is 6.06. The third-order valence-corrected chi connectivity index (χ3v) is 4.76. The van der Waals surface area contributed by atoms with Gasteiger partial charge < -0.3 is 14.8 Å². The number of ether oxygens (including phenoxy) is 2. The summed E-state index contributed by atoms with van der Waals surface area (Å²) < 4.78 is 11.4. The molecule has 132 valence electrons. The molecule has 0 spiro atoms. The molecule has 3 rings (SSSR count). The van der Waals surface area contributed by atoms with E-state index in [0.29, 0.717) is 31.6 Å². The lowest BCUT2D eigenvalue weighted by Crippen LogP contribution is -2.24. The summed E-state index contributed by atoms with van der Waals surface area (Å²) in [5, 5.41) is 2.99. The number of hydrogen-bond acceptors (Lipinski definition) is 4. The van der Waals surface area contributed by atoms with Crippen LogP contribution in [0, 0.1) is 5.92 Å². The number of carbonyl (C=O) groups is 1. The van der Waals surface area contributed by atoms with Crippen molar-refractivity contribution in [1.82, 2.24) is 10.3 Å². The number of pyridine rings is 1. The highest BCUT2D eigenvalue weighted by molar-refractivity contribution is 9.10. The monoisotopic (exact) mass is 404 g/mol. The Balaban J connectivity index is 1.44. The minimum Gasteiger partial charge on any atom is -0.475 e. The van der Waals surface area contributed by atoms with Gasteiger partial charge in [0.25, 0.3) is 0 Å². The smallest absolute Gasteiger partial charge is 0.224 e. The summed E-state index contributed by atoms with van der Waals surface area (Å²) in [7, 11) is 1.63. The molecular formula is C19H21BrN2O3. The van der Waals surface area contributed by atoms with E-state index in [1.807, 2.05) is 18.2 Å². The predicted molar refractivity (Wildman–Crippen MR) is 98.4 cm³/mol. The molecule has 25 heavy (non-hydrogen) atoms. The Labute approximate surface area is 155 Å². The first-order chi connectivity index (χ1) is 12.2. The predicted octanol–water partition coefficient (Wildman–Crippen LogP) is 3.29. The van der Waals surface area contributed by atoms with Crippen LogP contribution in [0.1, 0.15) is 23.5 Å². The second kappa shape index (κ2) is 8.45. The Hall–Kier alpha value is -1.92. The van der Waals surface area contributed by atoms with Crippen LogP contribution in [0.15, 0.2) is 47.1 Å². The van der Waals surface area contributed by atoms with E-state index in [4.69, 9.17) is 9.47 Å². The van der Waals surface area contributed by atoms with Gasteiger partial charge in [0, 0.05) is 36.3 Å². The van der Waals surface area contributed by atoms with Crippen LogP contribution in [0.3, 0.4) is 0 Å². The van der Waals surface area contributed by atoms with Crippen LogP contribution in [0.25, 0.3) is 0 Å². The summed E-state index contributed by atoms with van der Waals surface area (Å²) >= 11 is 3.43. The number of carbonyl (C=O) groups excluding carboxylic acids is 1. The Morgan fingerprint density at radius 3 is 2.72 bits per heavy atom. The van der Waals surface area contributed by atoms with Gasteiger partial charge in [0.1, 0.15) is 6.61 Å². The van der Waals surface area contributed by atoms with Crippen LogP contribution in [0.4, 0.5) is 0 Å². The summed E-state index contributed by atoms with van der Waals surface area (Å²) in [4.78, 5) is 16.5. The highest BCUT2D eigenvalue weighted by Gasteiger charge is 2.43. The van der Waals surface area contributed by atoms with Gasteiger partial charge in [-0.05, 0) is 35.6 Å². The van der Waals surface area contributed by atoms with Gasteiger partial charge >= 0.3 is 0 Å². The van der Waals surface area contributed by atoms with Gasteiger partial charge in [-0.2, -0.15) is 0 Å². The van der Waals surface area contributed by atoms with Crippen molar-refractivity contribution < 1.29 is 14.3 Å². The lowest BCUT2D eigenvalue weighted by molar-refractivity contribution is -0.122. The molecule has 0 saturated heterocycles. The average molecular weight is 405 g/mol. The summed E-state index contributed by atoms with van der Waals surface area (Å²) in [6.07, 6.45) is 2.64. The SMILES string of the molecule is COCCOc1ccc(CNC(=O)C2CC2c2ccc(Br)cc2)cn1. The van der Waals surface area contributed by atoms with E-state index in [0.717, 1.165) is 16.5 Å². The number of nitrogens with one attached hydrogen (secondary N) is 1. The van der Waals surface area contributed by atoms with Gasteiger partial charge in [-0.3, -0.25) is 4.79 Å². The maximum atomic E-state index is 12.3. The topological polar surface area (TPSA) is 60.5 Å². The van der Waals surface area contributed by atoms with E-state index in [2.05, 4.69) is 38.4 Å². The largest absolute Gasteiger partial charge is 0.475 e. The van der Waals surface area contributed by atoms with Crippen LogP contribution in [0.5, 0.6) is 5.88 Å². The minimum absolute atomic E-state index is 0.0748. The molecule has 1 aromatic carbocycles. The zero-order valence-corrected chi connectivity index (χ0v) is 15.7. The van der Waals surface area contributed by atoms with Gasteiger partial charge in [0.2, 0.25) is 11.8 Å². The lowest BCUT2D eigenvalue weighted by Gasteiger charge is -2.07. The first-order valence-corrected chi connectivity index (χ1v) is 9.06.